The number of nitrogens with zero attached hydrogens (tertiary/aromatic N) is 2. The Balaban J connectivity index is 2.05. The largest absolute Gasteiger partial charge is 0.418 e. The summed E-state index contributed by atoms with van der Waals surface area (Å²) in [4.78, 5) is 16.8. The minimum Gasteiger partial charge on any atom is -0.320 e. The number of benzene rings is 1. The number of aryl methyl sites for hydroxylation is 1. The minimum absolute atomic E-state index is 0.0805. The second-order valence-electron chi connectivity index (χ2n) is 5.26. The number of aromatic nitrogens is 2. The molecule has 9 heteroatoms. The number of alkyl halides is 3. The molecular formula is C16H10Cl2F3N3O. The third-order valence-corrected chi connectivity index (χ3v) is 3.97. The Kier molecular flexibility index (Phi) is 4.38. The lowest BCUT2D eigenvalue weighted by Gasteiger charge is -2.14. The van der Waals surface area contributed by atoms with Crippen LogP contribution in [0.2, 0.25) is 10.0 Å². The normalized spacial score (nSPS) is 11.8. The predicted molar refractivity (Wildman–Crippen MR) is 89.3 cm³/mol. The molecule has 1 amide bonds. The Hall–Kier alpha value is -2.25. The van der Waals surface area contributed by atoms with Crippen molar-refractivity contribution in [3.05, 3.63) is 63.5 Å². The number of fused-ring (bicyclic) bond motifs is 1. The van der Waals surface area contributed by atoms with E-state index in [9.17, 15) is 18.0 Å². The lowest BCUT2D eigenvalue weighted by atomic mass is 10.1. The molecule has 0 saturated heterocycles. The van der Waals surface area contributed by atoms with Crippen LogP contribution < -0.4 is 5.32 Å². The molecule has 3 rings (SSSR count). The van der Waals surface area contributed by atoms with Crippen LogP contribution in [-0.2, 0) is 6.18 Å². The van der Waals surface area contributed by atoms with Gasteiger partial charge in [0.2, 0.25) is 0 Å². The monoisotopic (exact) mass is 387 g/mol. The number of halogens is 5. The molecule has 2 aromatic heterocycles. The molecule has 25 heavy (non-hydrogen) atoms. The van der Waals surface area contributed by atoms with Crippen molar-refractivity contribution in [1.82, 2.24) is 9.38 Å². The number of anilines is 1. The molecule has 0 atom stereocenters. The molecule has 4 nitrogen and oxygen atoms in total. The van der Waals surface area contributed by atoms with Gasteiger partial charge in [0.15, 0.2) is 0 Å². The lowest BCUT2D eigenvalue weighted by molar-refractivity contribution is -0.136. The average molecular weight is 388 g/mol. The highest BCUT2D eigenvalue weighted by Gasteiger charge is 2.34. The summed E-state index contributed by atoms with van der Waals surface area (Å²) in [5.74, 6) is -0.736. The number of nitrogens with one attached hydrogen (secondary N) is 1. The van der Waals surface area contributed by atoms with Gasteiger partial charge in [-0.25, -0.2) is 4.98 Å². The number of amides is 1. The fourth-order valence-electron chi connectivity index (χ4n) is 2.45. The van der Waals surface area contributed by atoms with Crippen LogP contribution in [0.25, 0.3) is 5.65 Å². The highest BCUT2D eigenvalue weighted by Crippen LogP contribution is 2.36. The van der Waals surface area contributed by atoms with E-state index in [1.54, 1.807) is 19.1 Å². The number of rotatable bonds is 2. The van der Waals surface area contributed by atoms with E-state index < -0.39 is 23.3 Å². The summed E-state index contributed by atoms with van der Waals surface area (Å²) in [7, 11) is 0. The lowest BCUT2D eigenvalue weighted by Crippen LogP contribution is -2.19. The smallest absolute Gasteiger partial charge is 0.320 e. The Labute approximate surface area is 150 Å². The number of carbonyl (C=O) groups is 1. The summed E-state index contributed by atoms with van der Waals surface area (Å²) < 4.78 is 40.9. The van der Waals surface area contributed by atoms with Gasteiger partial charge in [-0.1, -0.05) is 23.2 Å². The topological polar surface area (TPSA) is 46.4 Å². The second-order valence-corrected chi connectivity index (χ2v) is 6.14. The van der Waals surface area contributed by atoms with E-state index in [4.69, 9.17) is 23.2 Å². The Morgan fingerprint density at radius 3 is 2.52 bits per heavy atom. The van der Waals surface area contributed by atoms with Crippen molar-refractivity contribution in [2.45, 2.75) is 13.1 Å². The van der Waals surface area contributed by atoms with Crippen LogP contribution in [0.15, 0.2) is 36.5 Å². The van der Waals surface area contributed by atoms with Gasteiger partial charge in [0.05, 0.1) is 22.0 Å². The quantitative estimate of drug-likeness (QED) is 0.654. The number of hydrogen-bond acceptors (Lipinski definition) is 2. The van der Waals surface area contributed by atoms with Crippen molar-refractivity contribution in [1.29, 1.82) is 0 Å². The van der Waals surface area contributed by atoms with Crippen LogP contribution in [0.1, 0.15) is 21.7 Å². The predicted octanol–water partition coefficient (Wildman–Crippen LogP) is 5.22. The van der Waals surface area contributed by atoms with Gasteiger partial charge in [0, 0.05) is 11.2 Å². The molecule has 0 fully saturated rings. The third kappa shape index (κ3) is 3.43. The van der Waals surface area contributed by atoms with Gasteiger partial charge >= 0.3 is 6.18 Å². The third-order valence-electron chi connectivity index (χ3n) is 3.51. The van der Waals surface area contributed by atoms with E-state index in [-0.39, 0.29) is 10.7 Å². The maximum Gasteiger partial charge on any atom is 0.418 e. The zero-order valence-corrected chi connectivity index (χ0v) is 14.2. The first-order valence-corrected chi connectivity index (χ1v) is 7.74. The van der Waals surface area contributed by atoms with Gasteiger partial charge in [-0.3, -0.25) is 9.20 Å². The average Bonchev–Trinajstić information content (AvgIpc) is 2.83. The van der Waals surface area contributed by atoms with Crippen LogP contribution in [0, 0.1) is 6.92 Å². The van der Waals surface area contributed by atoms with Crippen LogP contribution in [-0.4, -0.2) is 15.3 Å². The molecule has 1 N–H and O–H groups in total. The van der Waals surface area contributed by atoms with E-state index in [0.29, 0.717) is 16.4 Å². The molecule has 0 spiro atoms. The van der Waals surface area contributed by atoms with Gasteiger partial charge in [0.25, 0.3) is 5.91 Å². The van der Waals surface area contributed by atoms with Gasteiger partial charge in [-0.05, 0) is 37.3 Å². The molecule has 3 aromatic rings. The summed E-state index contributed by atoms with van der Waals surface area (Å²) in [5.41, 5.74) is -0.502. The SMILES string of the molecule is Cc1nc2ccc(Cl)cn2c1C(=O)Nc1ccc(Cl)cc1C(F)(F)F. The molecule has 0 saturated carbocycles. The summed E-state index contributed by atoms with van der Waals surface area (Å²) in [5, 5.41) is 2.56. The van der Waals surface area contributed by atoms with Crippen molar-refractivity contribution in [3.8, 4) is 0 Å². The maximum absolute atomic E-state index is 13.2. The highest BCUT2D eigenvalue weighted by molar-refractivity contribution is 6.31. The van der Waals surface area contributed by atoms with Crippen molar-refractivity contribution >= 4 is 40.4 Å². The number of imidazole rings is 1. The highest BCUT2D eigenvalue weighted by atomic mass is 35.5. The molecule has 0 bridgehead atoms. The Morgan fingerprint density at radius 1 is 1.16 bits per heavy atom. The van der Waals surface area contributed by atoms with Gasteiger partial charge in [0.1, 0.15) is 11.3 Å². The maximum atomic E-state index is 13.2. The van der Waals surface area contributed by atoms with Crippen LogP contribution >= 0.6 is 23.2 Å². The first kappa shape index (κ1) is 17.6. The van der Waals surface area contributed by atoms with Crippen LogP contribution in [0.5, 0.6) is 0 Å². The number of pyridine rings is 1. The molecule has 0 radical (unpaired) electrons. The molecule has 0 aliphatic heterocycles. The minimum atomic E-state index is -4.66. The zero-order chi connectivity index (χ0) is 18.4. The first-order chi connectivity index (χ1) is 11.7. The first-order valence-electron chi connectivity index (χ1n) is 6.99. The molecule has 2 heterocycles. The Morgan fingerprint density at radius 2 is 1.84 bits per heavy atom. The van der Waals surface area contributed by atoms with Gasteiger partial charge in [-0.2, -0.15) is 13.2 Å². The molecule has 1 aromatic carbocycles. The van der Waals surface area contributed by atoms with E-state index in [1.807, 2.05) is 0 Å². The molecular weight excluding hydrogens is 378 g/mol. The summed E-state index contributed by atoms with van der Waals surface area (Å²) in [6.07, 6.45) is -3.19. The zero-order valence-electron chi connectivity index (χ0n) is 12.7. The molecule has 0 unspecified atom stereocenters. The molecule has 0 aliphatic carbocycles. The van der Waals surface area contributed by atoms with E-state index >= 15 is 0 Å². The fraction of sp³-hybridized carbons (Fsp3) is 0.125. The van der Waals surface area contributed by atoms with Crippen LogP contribution in [0.3, 0.4) is 0 Å². The number of carbonyl (C=O) groups excluding carboxylic acids is 1. The number of hydrogen-bond donors (Lipinski definition) is 1. The standard InChI is InChI=1S/C16H10Cl2F3N3O/c1-8-14(24-7-10(18)3-5-13(24)22-8)15(25)23-12-4-2-9(17)6-11(12)16(19,20)21/h2-7H,1H3,(H,23,25). The van der Waals surface area contributed by atoms with Crippen molar-refractivity contribution < 1.29 is 18.0 Å². The van der Waals surface area contributed by atoms with Crippen LogP contribution in [0.4, 0.5) is 18.9 Å². The summed E-state index contributed by atoms with van der Waals surface area (Å²) in [6, 6.07) is 6.34. The van der Waals surface area contributed by atoms with Gasteiger partial charge in [-0.15, -0.1) is 0 Å². The van der Waals surface area contributed by atoms with E-state index in [2.05, 4.69) is 10.3 Å². The van der Waals surface area contributed by atoms with E-state index in [1.165, 1.54) is 16.7 Å². The van der Waals surface area contributed by atoms with Crippen molar-refractivity contribution in [2.75, 3.05) is 5.32 Å². The molecule has 0 aliphatic rings. The van der Waals surface area contributed by atoms with Gasteiger partial charge < -0.3 is 5.32 Å². The summed E-state index contributed by atoms with van der Waals surface area (Å²) in [6.45, 7) is 1.59. The fourth-order valence-corrected chi connectivity index (χ4v) is 2.78. The van der Waals surface area contributed by atoms with E-state index in [0.717, 1.165) is 12.1 Å². The Bertz CT molecular complexity index is 983. The summed E-state index contributed by atoms with van der Waals surface area (Å²) >= 11 is 11.6. The van der Waals surface area contributed by atoms with Crippen molar-refractivity contribution in [2.24, 2.45) is 0 Å². The molecule has 130 valence electrons. The second kappa shape index (κ2) is 6.24. The van der Waals surface area contributed by atoms with Crippen molar-refractivity contribution in [3.63, 3.8) is 0 Å².